The second kappa shape index (κ2) is 5.85. The third-order valence-corrected chi connectivity index (χ3v) is 5.79. The molecule has 4 nitrogen and oxygen atoms in total. The molecule has 1 saturated carbocycles. The number of piperazine rings is 1. The molecule has 2 amide bonds. The van der Waals surface area contributed by atoms with Gasteiger partial charge in [-0.2, -0.15) is 0 Å². The molecule has 1 aromatic heterocycles. The van der Waals surface area contributed by atoms with Crippen LogP contribution in [0.2, 0.25) is 0 Å². The van der Waals surface area contributed by atoms with E-state index < -0.39 is 0 Å². The maximum Gasteiger partial charge on any atom is 0.264 e. The maximum atomic E-state index is 12.3. The van der Waals surface area contributed by atoms with Crippen molar-refractivity contribution in [2.75, 3.05) is 26.2 Å². The Morgan fingerprint density at radius 2 is 1.80 bits per heavy atom. The normalized spacial score (nSPS) is 19.9. The zero-order valence-electron chi connectivity index (χ0n) is 11.2. The Balaban J connectivity index is 1.55. The molecule has 0 radical (unpaired) electrons. The van der Waals surface area contributed by atoms with Crippen LogP contribution in [-0.2, 0) is 4.79 Å². The van der Waals surface area contributed by atoms with Crippen LogP contribution in [0.5, 0.6) is 0 Å². The van der Waals surface area contributed by atoms with Gasteiger partial charge in [0.2, 0.25) is 5.91 Å². The maximum absolute atomic E-state index is 12.3. The first-order valence-electron chi connectivity index (χ1n) is 6.97. The third kappa shape index (κ3) is 2.76. The van der Waals surface area contributed by atoms with Crippen LogP contribution in [0, 0.1) is 5.92 Å². The largest absolute Gasteiger partial charge is 0.339 e. The highest BCUT2D eigenvalue weighted by Crippen LogP contribution is 2.29. The van der Waals surface area contributed by atoms with E-state index in [0.717, 1.165) is 22.2 Å². The lowest BCUT2D eigenvalue weighted by atomic mass is 9.84. The van der Waals surface area contributed by atoms with E-state index in [4.69, 9.17) is 0 Å². The fourth-order valence-electron chi connectivity index (χ4n) is 2.62. The van der Waals surface area contributed by atoms with Crippen LogP contribution in [0.25, 0.3) is 0 Å². The molecule has 0 atom stereocenters. The first-order chi connectivity index (χ1) is 9.65. The highest BCUT2D eigenvalue weighted by molar-refractivity contribution is 9.10. The number of halogens is 1. The van der Waals surface area contributed by atoms with E-state index in [1.807, 2.05) is 21.2 Å². The fraction of sp³-hybridized carbons (Fsp3) is 0.571. The van der Waals surface area contributed by atoms with Gasteiger partial charge in [-0.3, -0.25) is 9.59 Å². The molecule has 0 unspecified atom stereocenters. The van der Waals surface area contributed by atoms with Crippen molar-refractivity contribution in [1.29, 1.82) is 0 Å². The van der Waals surface area contributed by atoms with Gasteiger partial charge in [0.05, 0.1) is 4.88 Å². The van der Waals surface area contributed by atoms with Gasteiger partial charge in [-0.05, 0) is 34.8 Å². The molecular weight excluding hydrogens is 340 g/mol. The summed E-state index contributed by atoms with van der Waals surface area (Å²) in [4.78, 5) is 29.0. The molecule has 0 spiro atoms. The lowest BCUT2D eigenvalue weighted by molar-refractivity contribution is -0.139. The number of amides is 2. The molecule has 0 aromatic carbocycles. The van der Waals surface area contributed by atoms with E-state index in [2.05, 4.69) is 15.9 Å². The van der Waals surface area contributed by atoms with Crippen LogP contribution in [0.4, 0.5) is 0 Å². The standard InChI is InChI=1S/C14H17BrN2O2S/c15-11-8-12(20-9-11)14(19)17-6-4-16(5-7-17)13(18)10-2-1-3-10/h8-10H,1-7H2. The third-order valence-electron chi connectivity index (χ3n) is 4.11. The van der Waals surface area contributed by atoms with Crippen LogP contribution >= 0.6 is 27.3 Å². The summed E-state index contributed by atoms with van der Waals surface area (Å²) >= 11 is 4.83. The van der Waals surface area contributed by atoms with Crippen LogP contribution in [-0.4, -0.2) is 47.8 Å². The molecule has 1 aliphatic heterocycles. The Hall–Kier alpha value is -0.880. The van der Waals surface area contributed by atoms with Crippen LogP contribution < -0.4 is 0 Å². The molecule has 2 heterocycles. The highest BCUT2D eigenvalue weighted by atomic mass is 79.9. The lowest BCUT2D eigenvalue weighted by Crippen LogP contribution is -2.52. The second-order valence-electron chi connectivity index (χ2n) is 5.37. The van der Waals surface area contributed by atoms with E-state index in [0.29, 0.717) is 32.1 Å². The van der Waals surface area contributed by atoms with Crippen LogP contribution in [0.1, 0.15) is 28.9 Å². The SMILES string of the molecule is O=C(c1cc(Br)cs1)N1CCN(C(=O)C2CCC2)CC1. The van der Waals surface area contributed by atoms with Gasteiger partial charge in [-0.25, -0.2) is 0 Å². The van der Waals surface area contributed by atoms with Gasteiger partial charge in [-0.15, -0.1) is 11.3 Å². The molecule has 108 valence electrons. The Morgan fingerprint density at radius 1 is 1.15 bits per heavy atom. The molecule has 0 bridgehead atoms. The van der Waals surface area contributed by atoms with Gasteiger partial charge in [0.25, 0.3) is 5.91 Å². The minimum Gasteiger partial charge on any atom is -0.339 e. The van der Waals surface area contributed by atoms with E-state index in [1.165, 1.54) is 17.8 Å². The van der Waals surface area contributed by atoms with Gasteiger partial charge in [-0.1, -0.05) is 6.42 Å². The van der Waals surface area contributed by atoms with E-state index in [-0.39, 0.29) is 11.8 Å². The minimum absolute atomic E-state index is 0.0800. The molecular formula is C14H17BrN2O2S. The first kappa shape index (κ1) is 14.1. The molecule has 1 aliphatic carbocycles. The van der Waals surface area contributed by atoms with Crippen molar-refractivity contribution in [1.82, 2.24) is 9.80 Å². The molecule has 20 heavy (non-hydrogen) atoms. The van der Waals surface area contributed by atoms with Gasteiger partial charge >= 0.3 is 0 Å². The highest BCUT2D eigenvalue weighted by Gasteiger charge is 2.32. The summed E-state index contributed by atoms with van der Waals surface area (Å²) in [5.74, 6) is 0.629. The number of hydrogen-bond acceptors (Lipinski definition) is 3. The van der Waals surface area contributed by atoms with Crippen LogP contribution in [0.15, 0.2) is 15.9 Å². The number of carbonyl (C=O) groups is 2. The summed E-state index contributed by atoms with van der Waals surface area (Å²) in [6.07, 6.45) is 3.27. The molecule has 2 fully saturated rings. The molecule has 0 N–H and O–H groups in total. The van der Waals surface area contributed by atoms with Crippen molar-refractivity contribution >= 4 is 39.1 Å². The van der Waals surface area contributed by atoms with Crippen molar-refractivity contribution in [3.05, 3.63) is 20.8 Å². The average Bonchev–Trinajstić information content (AvgIpc) is 2.83. The van der Waals surface area contributed by atoms with E-state index in [9.17, 15) is 9.59 Å². The molecule has 3 rings (SSSR count). The zero-order valence-corrected chi connectivity index (χ0v) is 13.6. The van der Waals surface area contributed by atoms with Crippen molar-refractivity contribution < 1.29 is 9.59 Å². The summed E-state index contributed by atoms with van der Waals surface area (Å²) in [7, 11) is 0. The van der Waals surface area contributed by atoms with Crippen molar-refractivity contribution in [2.24, 2.45) is 5.92 Å². The topological polar surface area (TPSA) is 40.6 Å². The predicted molar refractivity (Wildman–Crippen MR) is 81.8 cm³/mol. The van der Waals surface area contributed by atoms with Gasteiger partial charge < -0.3 is 9.80 Å². The van der Waals surface area contributed by atoms with Crippen molar-refractivity contribution in [2.45, 2.75) is 19.3 Å². The number of nitrogens with zero attached hydrogens (tertiary/aromatic N) is 2. The fourth-order valence-corrected chi connectivity index (χ4v) is 4.02. The van der Waals surface area contributed by atoms with Crippen molar-refractivity contribution in [3.8, 4) is 0 Å². The Kier molecular flexibility index (Phi) is 4.12. The molecule has 1 saturated heterocycles. The Morgan fingerprint density at radius 3 is 2.30 bits per heavy atom. The summed E-state index contributed by atoms with van der Waals surface area (Å²) < 4.78 is 0.949. The summed E-state index contributed by atoms with van der Waals surface area (Å²) in [5, 5.41) is 1.92. The second-order valence-corrected chi connectivity index (χ2v) is 7.20. The van der Waals surface area contributed by atoms with Gasteiger partial charge in [0, 0.05) is 41.9 Å². The van der Waals surface area contributed by atoms with Crippen molar-refractivity contribution in [3.63, 3.8) is 0 Å². The predicted octanol–water partition coefficient (Wildman–Crippen LogP) is 2.60. The summed E-state index contributed by atoms with van der Waals surface area (Å²) in [6, 6.07) is 1.86. The Bertz CT molecular complexity index is 519. The van der Waals surface area contributed by atoms with E-state index >= 15 is 0 Å². The number of carbonyl (C=O) groups excluding carboxylic acids is 2. The van der Waals surface area contributed by atoms with Gasteiger partial charge in [0.1, 0.15) is 0 Å². The summed E-state index contributed by atoms with van der Waals surface area (Å²) in [5.41, 5.74) is 0. The quantitative estimate of drug-likeness (QED) is 0.816. The monoisotopic (exact) mass is 356 g/mol. The Labute approximate surface area is 130 Å². The molecule has 6 heteroatoms. The number of thiophene rings is 1. The number of rotatable bonds is 2. The molecule has 2 aliphatic rings. The lowest BCUT2D eigenvalue weighted by Gasteiger charge is -2.38. The minimum atomic E-state index is 0.0800. The average molecular weight is 357 g/mol. The zero-order chi connectivity index (χ0) is 14.1. The van der Waals surface area contributed by atoms with Crippen LogP contribution in [0.3, 0.4) is 0 Å². The van der Waals surface area contributed by atoms with Gasteiger partial charge in [0.15, 0.2) is 0 Å². The summed E-state index contributed by atoms with van der Waals surface area (Å²) in [6.45, 7) is 2.64. The number of hydrogen-bond donors (Lipinski definition) is 0. The first-order valence-corrected chi connectivity index (χ1v) is 8.64. The molecule has 1 aromatic rings. The van der Waals surface area contributed by atoms with E-state index in [1.54, 1.807) is 0 Å². The smallest absolute Gasteiger partial charge is 0.264 e.